The van der Waals surface area contributed by atoms with Crippen LogP contribution in [0.2, 0.25) is 25.7 Å². The van der Waals surface area contributed by atoms with E-state index in [4.69, 9.17) is 4.74 Å². The first-order chi connectivity index (χ1) is 15.5. The van der Waals surface area contributed by atoms with E-state index >= 15 is 0 Å². The molecule has 4 rings (SSSR count). The Morgan fingerprint density at radius 2 is 1.94 bits per heavy atom. The van der Waals surface area contributed by atoms with Crippen molar-refractivity contribution in [2.75, 3.05) is 25.6 Å². The summed E-state index contributed by atoms with van der Waals surface area (Å²) in [5.41, 5.74) is 4.86. The molecule has 0 saturated carbocycles. The minimum absolute atomic E-state index is 0.569. The summed E-state index contributed by atoms with van der Waals surface area (Å²) in [5, 5.41) is 10.8. The molecule has 8 heteroatoms. The number of nitrogens with zero attached hydrogens (tertiary/aromatic N) is 5. The highest BCUT2D eigenvalue weighted by molar-refractivity contribution is 7.99. The van der Waals surface area contributed by atoms with Gasteiger partial charge >= 0.3 is 0 Å². The van der Waals surface area contributed by atoms with Crippen LogP contribution in [-0.2, 0) is 24.2 Å². The fourth-order valence-corrected chi connectivity index (χ4v) is 5.61. The molecule has 1 aliphatic heterocycles. The van der Waals surface area contributed by atoms with Crippen LogP contribution in [0, 0.1) is 11.3 Å². The maximum Gasteiger partial charge on any atom is 0.126 e. The molecule has 0 amide bonds. The molecule has 2 aromatic heterocycles. The van der Waals surface area contributed by atoms with Crippen molar-refractivity contribution in [3.8, 4) is 6.07 Å². The van der Waals surface area contributed by atoms with Crippen LogP contribution >= 0.6 is 11.8 Å². The number of benzene rings is 1. The Morgan fingerprint density at radius 1 is 1.12 bits per heavy atom. The Labute approximate surface area is 195 Å². The second-order valence-corrected chi connectivity index (χ2v) is 16.0. The van der Waals surface area contributed by atoms with Gasteiger partial charge in [0, 0.05) is 53.0 Å². The van der Waals surface area contributed by atoms with Crippen LogP contribution in [0.3, 0.4) is 0 Å². The topological polar surface area (TPSA) is 67.0 Å². The Hall–Kier alpha value is -2.18. The average molecular weight is 466 g/mol. The monoisotopic (exact) mass is 465 g/mol. The zero-order valence-corrected chi connectivity index (χ0v) is 21.0. The molecule has 0 aliphatic carbocycles. The van der Waals surface area contributed by atoms with E-state index in [9.17, 15) is 5.26 Å². The number of fused-ring (bicyclic) bond motifs is 3. The summed E-state index contributed by atoms with van der Waals surface area (Å²) < 4.78 is 8.18. The van der Waals surface area contributed by atoms with E-state index < -0.39 is 8.07 Å². The number of rotatable bonds is 8. The standard InChI is InChI=1S/C24H31N5OSSi/c1-32(2,3)14-13-30-18-31-24-23-22(26-17-27-24)20(15-25)21-9-10-28(11-12-29(21)23)16-19-7-5-4-6-8-19/h4-8,17H,9-14,16,18H2,1-3H3. The molecule has 1 aliphatic rings. The molecule has 3 aromatic rings. The molecule has 1 aromatic carbocycles. The van der Waals surface area contributed by atoms with Crippen molar-refractivity contribution >= 4 is 30.9 Å². The van der Waals surface area contributed by atoms with Crippen molar-refractivity contribution in [2.45, 2.75) is 50.2 Å². The van der Waals surface area contributed by atoms with Gasteiger partial charge in [-0.2, -0.15) is 5.26 Å². The van der Waals surface area contributed by atoms with E-state index in [1.807, 2.05) is 0 Å². The lowest BCUT2D eigenvalue weighted by Gasteiger charge is -2.19. The molecular formula is C24H31N5OSSi. The number of thioether (sulfide) groups is 1. The van der Waals surface area contributed by atoms with Gasteiger partial charge in [-0.3, -0.25) is 4.90 Å². The van der Waals surface area contributed by atoms with E-state index in [1.54, 1.807) is 18.1 Å². The molecule has 0 N–H and O–H groups in total. The molecule has 0 atom stereocenters. The van der Waals surface area contributed by atoms with Gasteiger partial charge in [-0.05, 0) is 11.6 Å². The van der Waals surface area contributed by atoms with E-state index in [1.165, 1.54) is 5.56 Å². The summed E-state index contributed by atoms with van der Waals surface area (Å²) in [5.74, 6) is 0.569. The zero-order valence-electron chi connectivity index (χ0n) is 19.2. The number of hydrogen-bond donors (Lipinski definition) is 0. The Morgan fingerprint density at radius 3 is 2.69 bits per heavy atom. The predicted octanol–water partition coefficient (Wildman–Crippen LogP) is 4.77. The summed E-state index contributed by atoms with van der Waals surface area (Å²) in [7, 11) is -1.10. The molecule has 0 fully saturated rings. The highest BCUT2D eigenvalue weighted by atomic mass is 32.2. The molecule has 168 valence electrons. The van der Waals surface area contributed by atoms with Crippen molar-refractivity contribution in [2.24, 2.45) is 0 Å². The first kappa shape index (κ1) is 23.0. The molecular weight excluding hydrogens is 434 g/mol. The van der Waals surface area contributed by atoms with Crippen molar-refractivity contribution < 1.29 is 4.74 Å². The molecule has 0 unspecified atom stereocenters. The van der Waals surface area contributed by atoms with Crippen LogP contribution in [-0.4, -0.2) is 53.1 Å². The minimum atomic E-state index is -1.10. The second-order valence-electron chi connectivity index (χ2n) is 9.45. The van der Waals surface area contributed by atoms with Crippen molar-refractivity contribution in [3.05, 3.63) is 53.5 Å². The van der Waals surface area contributed by atoms with Gasteiger partial charge in [-0.15, -0.1) is 0 Å². The maximum atomic E-state index is 9.92. The van der Waals surface area contributed by atoms with Crippen LogP contribution in [0.4, 0.5) is 0 Å². The van der Waals surface area contributed by atoms with Crippen molar-refractivity contribution in [3.63, 3.8) is 0 Å². The summed E-state index contributed by atoms with van der Waals surface area (Å²) in [6.45, 7) is 11.5. The quantitative estimate of drug-likeness (QED) is 0.157. The van der Waals surface area contributed by atoms with Gasteiger partial charge in [-0.25, -0.2) is 9.97 Å². The van der Waals surface area contributed by atoms with Gasteiger partial charge < -0.3 is 9.30 Å². The highest BCUT2D eigenvalue weighted by Crippen LogP contribution is 2.32. The molecule has 6 nitrogen and oxygen atoms in total. The molecule has 0 spiro atoms. The Bertz CT molecular complexity index is 1100. The lowest BCUT2D eigenvalue weighted by molar-refractivity contribution is 0.198. The predicted molar refractivity (Wildman–Crippen MR) is 132 cm³/mol. The Balaban J connectivity index is 1.52. The van der Waals surface area contributed by atoms with Crippen molar-refractivity contribution in [1.29, 1.82) is 5.26 Å². The van der Waals surface area contributed by atoms with Crippen molar-refractivity contribution in [1.82, 2.24) is 19.4 Å². The van der Waals surface area contributed by atoms with Crippen LogP contribution in [0.25, 0.3) is 11.0 Å². The smallest absolute Gasteiger partial charge is 0.126 e. The maximum absolute atomic E-state index is 9.92. The summed E-state index contributed by atoms with van der Waals surface area (Å²) in [4.78, 5) is 11.5. The van der Waals surface area contributed by atoms with E-state index in [0.29, 0.717) is 11.5 Å². The molecule has 32 heavy (non-hydrogen) atoms. The number of hydrogen-bond acceptors (Lipinski definition) is 6. The Kier molecular flexibility index (Phi) is 7.31. The highest BCUT2D eigenvalue weighted by Gasteiger charge is 2.25. The molecule has 3 heterocycles. The lowest BCUT2D eigenvalue weighted by Crippen LogP contribution is -2.26. The number of nitriles is 1. The first-order valence-electron chi connectivity index (χ1n) is 11.2. The minimum Gasteiger partial charge on any atom is -0.371 e. The van der Waals surface area contributed by atoms with E-state index in [0.717, 1.165) is 67.0 Å². The van der Waals surface area contributed by atoms with Crippen LogP contribution in [0.15, 0.2) is 41.7 Å². The van der Waals surface area contributed by atoms with Crippen LogP contribution in [0.1, 0.15) is 16.8 Å². The van der Waals surface area contributed by atoms with Gasteiger partial charge in [0.15, 0.2) is 0 Å². The lowest BCUT2D eigenvalue weighted by atomic mass is 10.1. The third kappa shape index (κ3) is 5.41. The van der Waals surface area contributed by atoms with Crippen LogP contribution in [0.5, 0.6) is 0 Å². The van der Waals surface area contributed by atoms with Gasteiger partial charge in [0.1, 0.15) is 28.5 Å². The van der Waals surface area contributed by atoms with Gasteiger partial charge in [0.25, 0.3) is 0 Å². The molecule has 0 radical (unpaired) electrons. The number of ether oxygens (including phenoxy) is 1. The van der Waals surface area contributed by atoms with Gasteiger partial charge in [0.2, 0.25) is 0 Å². The van der Waals surface area contributed by atoms with Gasteiger partial charge in [0.05, 0.1) is 11.5 Å². The van der Waals surface area contributed by atoms with Crippen LogP contribution < -0.4 is 0 Å². The summed E-state index contributed by atoms with van der Waals surface area (Å²) in [6.07, 6.45) is 2.41. The average Bonchev–Trinajstić information content (AvgIpc) is 2.94. The normalized spacial score (nSPS) is 14.8. The summed E-state index contributed by atoms with van der Waals surface area (Å²) >= 11 is 1.61. The zero-order chi connectivity index (χ0) is 22.6. The fourth-order valence-electron chi connectivity index (χ4n) is 4.08. The number of aromatic nitrogens is 3. The third-order valence-corrected chi connectivity index (χ3v) is 8.41. The summed E-state index contributed by atoms with van der Waals surface area (Å²) in [6, 6.07) is 14.2. The first-order valence-corrected chi connectivity index (χ1v) is 15.9. The molecule has 0 bridgehead atoms. The second kappa shape index (κ2) is 10.2. The fraction of sp³-hybridized carbons (Fsp3) is 0.458. The van der Waals surface area contributed by atoms with E-state index in [2.05, 4.69) is 75.5 Å². The van der Waals surface area contributed by atoms with Gasteiger partial charge in [-0.1, -0.05) is 61.7 Å². The SMILES string of the molecule is C[Si](C)(C)CCOCSc1ncnc2c(C#N)c3n(c12)CCN(Cc1ccccc1)CC3. The largest absolute Gasteiger partial charge is 0.371 e. The van der Waals surface area contributed by atoms with E-state index in [-0.39, 0.29) is 0 Å². The molecule has 0 saturated heterocycles. The third-order valence-electron chi connectivity index (χ3n) is 5.85.